The highest BCUT2D eigenvalue weighted by Crippen LogP contribution is 2.07. The number of nitriles is 1. The van der Waals surface area contributed by atoms with E-state index in [1.54, 1.807) is 6.20 Å². The summed E-state index contributed by atoms with van der Waals surface area (Å²) in [7, 11) is 1.38. The normalized spacial score (nSPS) is 11.2. The van der Waals surface area contributed by atoms with Gasteiger partial charge in [0.15, 0.2) is 0 Å². The number of carbonyl (C=O) groups excluding carboxylic acids is 1. The zero-order valence-corrected chi connectivity index (χ0v) is 12.6. The summed E-state index contributed by atoms with van der Waals surface area (Å²) in [5.74, 6) is -0.292. The number of methoxy groups -OCH3 is 1. The summed E-state index contributed by atoms with van der Waals surface area (Å²) in [6.45, 7) is 3.88. The molecule has 0 fully saturated rings. The molecule has 5 nitrogen and oxygen atoms in total. The Hall–Kier alpha value is -2.19. The smallest absolute Gasteiger partial charge is 0.333 e. The summed E-state index contributed by atoms with van der Waals surface area (Å²) in [6, 6.07) is 6.04. The molecule has 0 bridgehead atoms. The monoisotopic (exact) mass is 287 g/mol. The number of aromatic nitrogens is 1. The van der Waals surface area contributed by atoms with Gasteiger partial charge in [-0.05, 0) is 18.1 Å². The molecule has 0 spiro atoms. The van der Waals surface area contributed by atoms with Crippen molar-refractivity contribution >= 4 is 5.97 Å². The Morgan fingerprint density at radius 2 is 2.38 bits per heavy atom. The molecule has 0 saturated heterocycles. The summed E-state index contributed by atoms with van der Waals surface area (Å²) in [6.07, 6.45) is 6.50. The molecule has 1 aromatic heterocycles. The van der Waals surface area contributed by atoms with Gasteiger partial charge in [0.2, 0.25) is 0 Å². The lowest BCUT2D eigenvalue weighted by Crippen LogP contribution is -2.25. The fraction of sp³-hybridized carbons (Fsp3) is 0.438. The Kier molecular flexibility index (Phi) is 7.77. The summed E-state index contributed by atoms with van der Waals surface area (Å²) >= 11 is 0. The Morgan fingerprint density at radius 3 is 2.95 bits per heavy atom. The molecule has 0 radical (unpaired) electrons. The number of rotatable bonds is 8. The van der Waals surface area contributed by atoms with E-state index in [2.05, 4.69) is 16.0 Å². The van der Waals surface area contributed by atoms with Gasteiger partial charge in [0.05, 0.1) is 13.2 Å². The van der Waals surface area contributed by atoms with Gasteiger partial charge < -0.3 is 4.74 Å². The number of carbonyl (C=O) groups is 1. The summed E-state index contributed by atoms with van der Waals surface area (Å²) in [5.41, 5.74) is 1.74. The quantitative estimate of drug-likeness (QED) is 0.542. The van der Waals surface area contributed by atoms with Gasteiger partial charge in [0, 0.05) is 44.0 Å². The number of ether oxygens (including phenoxy) is 1. The molecule has 0 N–H and O–H groups in total. The van der Waals surface area contributed by atoms with Crippen molar-refractivity contribution in [3.63, 3.8) is 0 Å². The van der Waals surface area contributed by atoms with E-state index in [4.69, 9.17) is 10.00 Å². The van der Waals surface area contributed by atoms with E-state index < -0.39 is 0 Å². The minimum atomic E-state index is -0.292. The van der Waals surface area contributed by atoms with Gasteiger partial charge in [-0.2, -0.15) is 5.26 Å². The van der Waals surface area contributed by atoms with Crippen molar-refractivity contribution in [1.29, 1.82) is 5.26 Å². The predicted octanol–water partition coefficient (Wildman–Crippen LogP) is 2.31. The van der Waals surface area contributed by atoms with Gasteiger partial charge in [-0.15, -0.1) is 0 Å². The van der Waals surface area contributed by atoms with Crippen molar-refractivity contribution in [1.82, 2.24) is 9.88 Å². The standard InChI is InChI=1S/C16H21N3O2/c1-3-15(16(20)21-2)7-11-19(10-5-8-17)13-14-6-4-9-18-12-14/h4,6-7,9,12H,3,5,10-11,13H2,1-2H3. The molecular formula is C16H21N3O2. The molecule has 0 saturated carbocycles. The molecule has 1 heterocycles. The first-order valence-corrected chi connectivity index (χ1v) is 6.96. The van der Waals surface area contributed by atoms with Crippen LogP contribution in [-0.4, -0.2) is 36.1 Å². The molecule has 0 aliphatic carbocycles. The van der Waals surface area contributed by atoms with Crippen molar-refractivity contribution in [3.8, 4) is 6.07 Å². The van der Waals surface area contributed by atoms with Crippen molar-refractivity contribution in [2.45, 2.75) is 26.3 Å². The Labute approximate surface area is 125 Å². The van der Waals surface area contributed by atoms with Gasteiger partial charge in [-0.25, -0.2) is 4.79 Å². The van der Waals surface area contributed by atoms with E-state index in [0.29, 0.717) is 38.0 Å². The van der Waals surface area contributed by atoms with Crippen LogP contribution in [0, 0.1) is 11.3 Å². The second-order valence-corrected chi connectivity index (χ2v) is 4.58. The zero-order chi connectivity index (χ0) is 15.5. The molecule has 0 aliphatic heterocycles. The predicted molar refractivity (Wildman–Crippen MR) is 80.1 cm³/mol. The molecule has 0 unspecified atom stereocenters. The molecular weight excluding hydrogens is 266 g/mol. The second-order valence-electron chi connectivity index (χ2n) is 4.58. The first kappa shape index (κ1) is 16.9. The molecule has 21 heavy (non-hydrogen) atoms. The first-order chi connectivity index (χ1) is 10.2. The summed E-state index contributed by atoms with van der Waals surface area (Å²) in [5, 5.41) is 8.75. The van der Waals surface area contributed by atoms with Crippen LogP contribution in [0.25, 0.3) is 0 Å². The van der Waals surface area contributed by atoms with E-state index in [-0.39, 0.29) is 5.97 Å². The van der Waals surface area contributed by atoms with Crippen molar-refractivity contribution in [3.05, 3.63) is 41.7 Å². The van der Waals surface area contributed by atoms with E-state index >= 15 is 0 Å². The lowest BCUT2D eigenvalue weighted by Gasteiger charge is -2.19. The lowest BCUT2D eigenvalue weighted by atomic mass is 10.2. The van der Waals surface area contributed by atoms with Gasteiger partial charge in [-0.1, -0.05) is 19.1 Å². The number of esters is 1. The Morgan fingerprint density at radius 1 is 1.57 bits per heavy atom. The van der Waals surface area contributed by atoms with Crippen LogP contribution in [0.15, 0.2) is 36.2 Å². The molecule has 0 aromatic carbocycles. The molecule has 5 heteroatoms. The Balaban J connectivity index is 2.71. The van der Waals surface area contributed by atoms with Crippen molar-refractivity contribution < 1.29 is 9.53 Å². The molecule has 1 rings (SSSR count). The molecule has 0 atom stereocenters. The van der Waals surface area contributed by atoms with Gasteiger partial charge in [0.1, 0.15) is 0 Å². The van der Waals surface area contributed by atoms with Gasteiger partial charge >= 0.3 is 5.97 Å². The van der Waals surface area contributed by atoms with Crippen LogP contribution in [0.1, 0.15) is 25.3 Å². The number of nitrogens with zero attached hydrogens (tertiary/aromatic N) is 3. The first-order valence-electron chi connectivity index (χ1n) is 6.96. The highest BCUT2D eigenvalue weighted by molar-refractivity contribution is 5.88. The maximum atomic E-state index is 11.6. The Bertz CT molecular complexity index is 506. The third-order valence-electron chi connectivity index (χ3n) is 3.09. The summed E-state index contributed by atoms with van der Waals surface area (Å²) in [4.78, 5) is 17.8. The largest absolute Gasteiger partial charge is 0.466 e. The van der Waals surface area contributed by atoms with Crippen LogP contribution >= 0.6 is 0 Å². The topological polar surface area (TPSA) is 66.2 Å². The lowest BCUT2D eigenvalue weighted by molar-refractivity contribution is -0.136. The van der Waals surface area contributed by atoms with Crippen LogP contribution in [0.4, 0.5) is 0 Å². The van der Waals surface area contributed by atoms with E-state index in [1.165, 1.54) is 7.11 Å². The van der Waals surface area contributed by atoms with E-state index in [0.717, 1.165) is 5.56 Å². The number of hydrogen-bond donors (Lipinski definition) is 0. The third-order valence-corrected chi connectivity index (χ3v) is 3.09. The van der Waals surface area contributed by atoms with Gasteiger partial charge in [-0.3, -0.25) is 9.88 Å². The number of pyridine rings is 1. The van der Waals surface area contributed by atoms with Crippen molar-refractivity contribution in [2.75, 3.05) is 20.2 Å². The average Bonchev–Trinajstić information content (AvgIpc) is 2.53. The van der Waals surface area contributed by atoms with Crippen LogP contribution in [0.5, 0.6) is 0 Å². The van der Waals surface area contributed by atoms with E-state index in [9.17, 15) is 4.79 Å². The molecule has 0 amide bonds. The minimum absolute atomic E-state index is 0.292. The molecule has 0 aliphatic rings. The van der Waals surface area contributed by atoms with Crippen LogP contribution in [0.3, 0.4) is 0 Å². The van der Waals surface area contributed by atoms with Gasteiger partial charge in [0.25, 0.3) is 0 Å². The SMILES string of the molecule is CCC(=CCN(CCC#N)Cc1cccnc1)C(=O)OC. The fourth-order valence-electron chi connectivity index (χ4n) is 1.94. The average molecular weight is 287 g/mol. The van der Waals surface area contributed by atoms with Crippen LogP contribution in [0.2, 0.25) is 0 Å². The van der Waals surface area contributed by atoms with Crippen molar-refractivity contribution in [2.24, 2.45) is 0 Å². The van der Waals surface area contributed by atoms with Crippen LogP contribution < -0.4 is 0 Å². The second kappa shape index (κ2) is 9.67. The highest BCUT2D eigenvalue weighted by atomic mass is 16.5. The fourth-order valence-corrected chi connectivity index (χ4v) is 1.94. The van der Waals surface area contributed by atoms with E-state index in [1.807, 2.05) is 31.3 Å². The molecule has 112 valence electrons. The zero-order valence-electron chi connectivity index (χ0n) is 12.6. The maximum absolute atomic E-state index is 11.6. The highest BCUT2D eigenvalue weighted by Gasteiger charge is 2.09. The summed E-state index contributed by atoms with van der Waals surface area (Å²) < 4.78 is 4.75. The third kappa shape index (κ3) is 6.19. The maximum Gasteiger partial charge on any atom is 0.333 e. The minimum Gasteiger partial charge on any atom is -0.466 e. The molecule has 1 aromatic rings. The van der Waals surface area contributed by atoms with Crippen LogP contribution in [-0.2, 0) is 16.1 Å². The number of hydrogen-bond acceptors (Lipinski definition) is 5.